The Hall–Kier alpha value is -2.66. The van der Waals surface area contributed by atoms with E-state index >= 15 is 0 Å². The molecule has 0 aliphatic rings. The van der Waals surface area contributed by atoms with Crippen molar-refractivity contribution < 1.29 is 4.79 Å². The zero-order chi connectivity index (χ0) is 19.8. The van der Waals surface area contributed by atoms with Crippen molar-refractivity contribution in [1.82, 2.24) is 4.98 Å². The predicted molar refractivity (Wildman–Crippen MR) is 119 cm³/mol. The first-order chi connectivity index (χ1) is 13.7. The highest BCUT2D eigenvalue weighted by Crippen LogP contribution is 2.29. The van der Waals surface area contributed by atoms with Gasteiger partial charge in [0.25, 0.3) is 0 Å². The van der Waals surface area contributed by atoms with Gasteiger partial charge in [0, 0.05) is 28.7 Å². The molecule has 5 heteroatoms. The zero-order valence-corrected chi connectivity index (χ0v) is 17.3. The van der Waals surface area contributed by atoms with Crippen molar-refractivity contribution in [3.05, 3.63) is 59.5 Å². The van der Waals surface area contributed by atoms with Crippen molar-refractivity contribution in [2.24, 2.45) is 0 Å². The molecule has 3 rings (SSSR count). The number of benzene rings is 2. The molecule has 28 heavy (non-hydrogen) atoms. The molecule has 3 aromatic rings. The number of nitrogens with one attached hydrogen (secondary N) is 2. The fourth-order valence-electron chi connectivity index (χ4n) is 2.98. The molecule has 1 heterocycles. The third-order valence-electron chi connectivity index (χ3n) is 4.59. The molecule has 0 fully saturated rings. The molecule has 0 saturated heterocycles. The van der Waals surface area contributed by atoms with E-state index in [1.54, 1.807) is 11.3 Å². The highest BCUT2D eigenvalue weighted by atomic mass is 32.1. The second-order valence-corrected chi connectivity index (χ2v) is 7.78. The van der Waals surface area contributed by atoms with Crippen molar-refractivity contribution in [3.8, 4) is 11.3 Å². The Morgan fingerprint density at radius 1 is 1.07 bits per heavy atom. The summed E-state index contributed by atoms with van der Waals surface area (Å²) in [5.74, 6) is 0.0773. The number of aromatic nitrogens is 1. The maximum Gasteiger partial charge on any atom is 0.224 e. The van der Waals surface area contributed by atoms with Gasteiger partial charge in [-0.3, -0.25) is 4.79 Å². The summed E-state index contributed by atoms with van der Waals surface area (Å²) in [6.45, 7) is 4.25. The second kappa shape index (κ2) is 10.0. The van der Waals surface area contributed by atoms with Crippen molar-refractivity contribution in [2.45, 2.75) is 46.0 Å². The number of para-hydroxylation sites is 1. The van der Waals surface area contributed by atoms with E-state index in [2.05, 4.69) is 30.5 Å². The van der Waals surface area contributed by atoms with Gasteiger partial charge in [-0.2, -0.15) is 0 Å². The SMILES string of the molecule is CCCCCCC(=O)Nc1cccc(-c2csc(Nc3ccccc3C)n2)c1. The molecule has 0 spiro atoms. The molecule has 1 amide bonds. The Balaban J connectivity index is 1.63. The van der Waals surface area contributed by atoms with Crippen molar-refractivity contribution in [3.63, 3.8) is 0 Å². The molecule has 0 aliphatic heterocycles. The minimum atomic E-state index is 0.0773. The molecule has 0 unspecified atom stereocenters. The Morgan fingerprint density at radius 3 is 2.75 bits per heavy atom. The van der Waals surface area contributed by atoms with Gasteiger partial charge in [0.2, 0.25) is 5.91 Å². The van der Waals surface area contributed by atoms with Gasteiger partial charge in [-0.1, -0.05) is 56.5 Å². The van der Waals surface area contributed by atoms with Crippen LogP contribution >= 0.6 is 11.3 Å². The van der Waals surface area contributed by atoms with Gasteiger partial charge in [0.15, 0.2) is 5.13 Å². The average Bonchev–Trinajstić information content (AvgIpc) is 3.16. The summed E-state index contributed by atoms with van der Waals surface area (Å²) < 4.78 is 0. The minimum absolute atomic E-state index is 0.0773. The Morgan fingerprint density at radius 2 is 1.93 bits per heavy atom. The first-order valence-corrected chi connectivity index (χ1v) is 10.7. The number of carbonyl (C=O) groups excluding carboxylic acids is 1. The van der Waals surface area contributed by atoms with Gasteiger partial charge in [-0.15, -0.1) is 11.3 Å². The van der Waals surface area contributed by atoms with Crippen LogP contribution in [0.3, 0.4) is 0 Å². The fraction of sp³-hybridized carbons (Fsp3) is 0.304. The Labute approximate surface area is 171 Å². The summed E-state index contributed by atoms with van der Waals surface area (Å²) in [6.07, 6.45) is 4.99. The van der Waals surface area contributed by atoms with E-state index in [-0.39, 0.29) is 5.91 Å². The van der Waals surface area contributed by atoms with Gasteiger partial charge >= 0.3 is 0 Å². The maximum absolute atomic E-state index is 12.1. The van der Waals surface area contributed by atoms with Crippen LogP contribution in [0.1, 0.15) is 44.6 Å². The summed E-state index contributed by atoms with van der Waals surface area (Å²) >= 11 is 1.57. The van der Waals surface area contributed by atoms with Crippen LogP contribution in [0.4, 0.5) is 16.5 Å². The molecule has 2 N–H and O–H groups in total. The molecular weight excluding hydrogens is 366 g/mol. The minimum Gasteiger partial charge on any atom is -0.331 e. The predicted octanol–water partition coefficient (Wildman–Crippen LogP) is 6.77. The second-order valence-electron chi connectivity index (χ2n) is 6.92. The largest absolute Gasteiger partial charge is 0.331 e. The topological polar surface area (TPSA) is 54.0 Å². The van der Waals surface area contributed by atoms with Crippen molar-refractivity contribution in [1.29, 1.82) is 0 Å². The molecule has 0 aliphatic carbocycles. The van der Waals surface area contributed by atoms with Crippen LogP contribution in [0.5, 0.6) is 0 Å². The lowest BCUT2D eigenvalue weighted by Gasteiger charge is -2.07. The fourth-order valence-corrected chi connectivity index (χ4v) is 3.72. The third kappa shape index (κ3) is 5.67. The summed E-state index contributed by atoms with van der Waals surface area (Å²) in [6, 6.07) is 16.0. The van der Waals surface area contributed by atoms with Gasteiger partial charge in [-0.25, -0.2) is 4.98 Å². The number of anilines is 3. The zero-order valence-electron chi connectivity index (χ0n) is 16.5. The number of unbranched alkanes of at least 4 members (excludes halogenated alkanes) is 3. The molecule has 2 aromatic carbocycles. The lowest BCUT2D eigenvalue weighted by molar-refractivity contribution is -0.116. The van der Waals surface area contributed by atoms with Crippen LogP contribution in [-0.2, 0) is 4.79 Å². The molecule has 4 nitrogen and oxygen atoms in total. The van der Waals surface area contributed by atoms with Gasteiger partial charge in [0.05, 0.1) is 5.69 Å². The third-order valence-corrected chi connectivity index (χ3v) is 5.35. The lowest BCUT2D eigenvalue weighted by atomic mass is 10.1. The smallest absolute Gasteiger partial charge is 0.224 e. The normalized spacial score (nSPS) is 10.6. The van der Waals surface area contributed by atoms with Crippen LogP contribution in [0.15, 0.2) is 53.9 Å². The van der Waals surface area contributed by atoms with Crippen molar-refractivity contribution in [2.75, 3.05) is 10.6 Å². The van der Waals surface area contributed by atoms with Crippen LogP contribution in [0.2, 0.25) is 0 Å². The van der Waals surface area contributed by atoms with E-state index in [0.29, 0.717) is 6.42 Å². The van der Waals surface area contributed by atoms with Crippen molar-refractivity contribution >= 4 is 33.8 Å². The molecule has 0 bridgehead atoms. The number of carbonyl (C=O) groups is 1. The summed E-state index contributed by atoms with van der Waals surface area (Å²) in [5.41, 5.74) is 4.97. The number of nitrogens with zero attached hydrogens (tertiary/aromatic N) is 1. The van der Waals surface area contributed by atoms with E-state index < -0.39 is 0 Å². The summed E-state index contributed by atoms with van der Waals surface area (Å²) in [7, 11) is 0. The maximum atomic E-state index is 12.1. The first-order valence-electron chi connectivity index (χ1n) is 9.84. The standard InChI is InChI=1S/C23H27N3OS/c1-3-4-5-6-14-22(27)24-19-12-9-11-18(15-19)21-16-28-23(26-21)25-20-13-8-7-10-17(20)2/h7-13,15-16H,3-6,14H2,1-2H3,(H,24,27)(H,25,26). The monoisotopic (exact) mass is 393 g/mol. The first kappa shape index (κ1) is 20.1. The van der Waals surface area contributed by atoms with E-state index in [9.17, 15) is 4.79 Å². The lowest BCUT2D eigenvalue weighted by Crippen LogP contribution is -2.11. The molecule has 146 valence electrons. The van der Waals surface area contributed by atoms with Crippen LogP contribution in [0.25, 0.3) is 11.3 Å². The van der Waals surface area contributed by atoms with Gasteiger partial charge in [-0.05, 0) is 37.1 Å². The number of aryl methyl sites for hydroxylation is 1. The molecule has 0 radical (unpaired) electrons. The van der Waals surface area contributed by atoms with Crippen LogP contribution in [0, 0.1) is 6.92 Å². The number of hydrogen-bond donors (Lipinski definition) is 2. The van der Waals surface area contributed by atoms with E-state index in [4.69, 9.17) is 4.98 Å². The van der Waals surface area contributed by atoms with Crippen LogP contribution < -0.4 is 10.6 Å². The Kier molecular flexibility index (Phi) is 7.20. The van der Waals surface area contributed by atoms with E-state index in [0.717, 1.165) is 40.6 Å². The highest BCUT2D eigenvalue weighted by molar-refractivity contribution is 7.14. The van der Waals surface area contributed by atoms with Gasteiger partial charge in [0.1, 0.15) is 0 Å². The molecule has 1 aromatic heterocycles. The van der Waals surface area contributed by atoms with Crippen LogP contribution in [-0.4, -0.2) is 10.9 Å². The molecule has 0 saturated carbocycles. The Bertz CT molecular complexity index is 919. The summed E-state index contributed by atoms with van der Waals surface area (Å²) in [4.78, 5) is 16.8. The molecule has 0 atom stereocenters. The van der Waals surface area contributed by atoms with E-state index in [1.165, 1.54) is 18.4 Å². The number of rotatable bonds is 9. The van der Waals surface area contributed by atoms with E-state index in [1.807, 2.05) is 47.8 Å². The number of amides is 1. The van der Waals surface area contributed by atoms with Gasteiger partial charge < -0.3 is 10.6 Å². The molecular formula is C23H27N3OS. The number of thiazole rings is 1. The number of hydrogen-bond acceptors (Lipinski definition) is 4. The average molecular weight is 394 g/mol. The highest BCUT2D eigenvalue weighted by Gasteiger charge is 2.08. The summed E-state index contributed by atoms with van der Waals surface area (Å²) in [5, 5.41) is 9.27. The quantitative estimate of drug-likeness (QED) is 0.394.